The van der Waals surface area contributed by atoms with Gasteiger partial charge in [0.15, 0.2) is 0 Å². The van der Waals surface area contributed by atoms with Gasteiger partial charge in [0.2, 0.25) is 11.9 Å². The van der Waals surface area contributed by atoms with Crippen molar-refractivity contribution < 1.29 is 4.39 Å². The van der Waals surface area contributed by atoms with Crippen molar-refractivity contribution in [1.29, 1.82) is 5.41 Å². The zero-order chi connectivity index (χ0) is 15.4. The van der Waals surface area contributed by atoms with Crippen LogP contribution in [0.2, 0.25) is 0 Å². The molecule has 21 heavy (non-hydrogen) atoms. The average Bonchev–Trinajstić information content (AvgIpc) is 2.49. The van der Waals surface area contributed by atoms with Crippen LogP contribution in [0.3, 0.4) is 0 Å². The molecule has 6 nitrogen and oxygen atoms in total. The van der Waals surface area contributed by atoms with Gasteiger partial charge in [0.1, 0.15) is 5.82 Å². The van der Waals surface area contributed by atoms with Crippen molar-refractivity contribution in [3.63, 3.8) is 0 Å². The van der Waals surface area contributed by atoms with Gasteiger partial charge in [-0.05, 0) is 25.1 Å². The number of nitrogens with zero attached hydrogens (tertiary/aromatic N) is 2. The molecule has 0 amide bonds. The van der Waals surface area contributed by atoms with Crippen molar-refractivity contribution in [2.24, 2.45) is 0 Å². The molecule has 0 aliphatic carbocycles. The largest absolute Gasteiger partial charge is 0.388 e. The van der Waals surface area contributed by atoms with Gasteiger partial charge in [-0.3, -0.25) is 5.41 Å². The smallest absolute Gasteiger partial charge is 0.229 e. The average molecular weight is 288 g/mol. The summed E-state index contributed by atoms with van der Waals surface area (Å²) in [5.74, 6) is 0.125. The van der Waals surface area contributed by atoms with Gasteiger partial charge in [0.25, 0.3) is 0 Å². The minimum Gasteiger partial charge on any atom is -0.388 e. The summed E-state index contributed by atoms with van der Waals surface area (Å²) in [6.45, 7) is 1.90. The van der Waals surface area contributed by atoms with Crippen LogP contribution in [0.5, 0.6) is 0 Å². The molecule has 0 aliphatic rings. The first-order valence-electron chi connectivity index (χ1n) is 6.39. The third kappa shape index (κ3) is 3.25. The Kier molecular flexibility index (Phi) is 4.32. The third-order valence-electron chi connectivity index (χ3n) is 2.99. The molecule has 0 saturated carbocycles. The highest BCUT2D eigenvalue weighted by atomic mass is 19.1. The first-order chi connectivity index (χ1) is 10.0. The summed E-state index contributed by atoms with van der Waals surface area (Å²) in [4.78, 5) is 8.48. The van der Waals surface area contributed by atoms with Crippen molar-refractivity contribution >= 4 is 29.1 Å². The van der Waals surface area contributed by atoms with Crippen LogP contribution >= 0.6 is 0 Å². The van der Waals surface area contributed by atoms with Crippen LogP contribution in [-0.2, 0) is 0 Å². The summed E-state index contributed by atoms with van der Waals surface area (Å²) >= 11 is 0. The molecule has 0 spiro atoms. The number of benzene rings is 1. The highest BCUT2D eigenvalue weighted by molar-refractivity contribution is 5.97. The summed E-state index contributed by atoms with van der Waals surface area (Å²) in [5.41, 5.74) is 2.27. The molecule has 2 aromatic rings. The van der Waals surface area contributed by atoms with Crippen molar-refractivity contribution in [3.8, 4) is 0 Å². The maximum Gasteiger partial charge on any atom is 0.229 e. The van der Waals surface area contributed by atoms with Gasteiger partial charge in [-0.2, -0.15) is 9.37 Å². The Morgan fingerprint density at radius 3 is 2.62 bits per heavy atom. The van der Waals surface area contributed by atoms with E-state index in [1.807, 2.05) is 6.92 Å². The number of hydrogen-bond donors (Lipinski definition) is 4. The number of anilines is 4. The monoisotopic (exact) mass is 288 g/mol. The van der Waals surface area contributed by atoms with E-state index < -0.39 is 5.97 Å². The van der Waals surface area contributed by atoms with Gasteiger partial charge >= 0.3 is 0 Å². The standard InChI is InChI=1S/C14H17FN6/c1-8-7-19-14(21-13(8)18-3)20-9-4-5-11(17-2)10(6-9)12(15)16/h4-7,16-17H,1-3H3,(H2,18,19,20,21). The molecular formula is C14H17FN6. The molecule has 110 valence electrons. The zero-order valence-electron chi connectivity index (χ0n) is 12.1. The summed E-state index contributed by atoms with van der Waals surface area (Å²) in [5, 5.41) is 16.0. The van der Waals surface area contributed by atoms with Crippen LogP contribution in [0.15, 0.2) is 24.4 Å². The van der Waals surface area contributed by atoms with E-state index in [0.717, 1.165) is 11.4 Å². The van der Waals surface area contributed by atoms with Gasteiger partial charge in [-0.1, -0.05) is 0 Å². The van der Waals surface area contributed by atoms with Crippen LogP contribution < -0.4 is 16.0 Å². The van der Waals surface area contributed by atoms with E-state index in [9.17, 15) is 4.39 Å². The van der Waals surface area contributed by atoms with E-state index >= 15 is 0 Å². The molecule has 2 rings (SSSR count). The molecule has 0 saturated heterocycles. The Balaban J connectivity index is 2.31. The van der Waals surface area contributed by atoms with E-state index in [2.05, 4.69) is 25.9 Å². The molecule has 0 unspecified atom stereocenters. The van der Waals surface area contributed by atoms with E-state index in [0.29, 0.717) is 17.3 Å². The fraction of sp³-hybridized carbons (Fsp3) is 0.214. The lowest BCUT2D eigenvalue weighted by Crippen LogP contribution is -2.04. The van der Waals surface area contributed by atoms with Crippen LogP contribution in [0.1, 0.15) is 11.1 Å². The summed E-state index contributed by atoms with van der Waals surface area (Å²) in [6, 6.07) is 5.00. The third-order valence-corrected chi connectivity index (χ3v) is 2.99. The van der Waals surface area contributed by atoms with Gasteiger partial charge < -0.3 is 16.0 Å². The molecule has 0 bridgehead atoms. The Hall–Kier alpha value is -2.70. The van der Waals surface area contributed by atoms with Crippen LogP contribution in [0.4, 0.5) is 27.5 Å². The second kappa shape index (κ2) is 6.17. The van der Waals surface area contributed by atoms with Gasteiger partial charge in [0, 0.05) is 37.2 Å². The first kappa shape index (κ1) is 14.7. The quantitative estimate of drug-likeness (QED) is 0.636. The molecule has 0 fully saturated rings. The van der Waals surface area contributed by atoms with E-state index in [-0.39, 0.29) is 5.56 Å². The topological polar surface area (TPSA) is 85.7 Å². The number of nitrogens with one attached hydrogen (secondary N) is 4. The number of aromatic nitrogens is 2. The molecule has 1 aromatic carbocycles. The van der Waals surface area contributed by atoms with E-state index in [1.54, 1.807) is 32.4 Å². The molecule has 0 aliphatic heterocycles. The number of hydrogen-bond acceptors (Lipinski definition) is 6. The maximum absolute atomic E-state index is 13.2. The van der Waals surface area contributed by atoms with Crippen LogP contribution in [0, 0.1) is 12.3 Å². The van der Waals surface area contributed by atoms with Crippen LogP contribution in [0.25, 0.3) is 0 Å². The van der Waals surface area contributed by atoms with Crippen molar-refractivity contribution in [1.82, 2.24) is 9.97 Å². The molecule has 4 N–H and O–H groups in total. The molecular weight excluding hydrogens is 271 g/mol. The summed E-state index contributed by atoms with van der Waals surface area (Å²) in [7, 11) is 3.46. The predicted octanol–water partition coefficient (Wildman–Crippen LogP) is 2.91. The number of rotatable bonds is 5. The molecule has 7 heteroatoms. The molecule has 1 heterocycles. The molecule has 1 aromatic heterocycles. The zero-order valence-corrected chi connectivity index (χ0v) is 12.1. The van der Waals surface area contributed by atoms with Crippen LogP contribution in [-0.4, -0.2) is 30.0 Å². The fourth-order valence-electron chi connectivity index (χ4n) is 1.91. The SMILES string of the molecule is CNc1ccc(Nc2ncc(C)c(NC)n2)cc1C(=N)F. The Morgan fingerprint density at radius 2 is 2.00 bits per heavy atom. The predicted molar refractivity (Wildman–Crippen MR) is 83.5 cm³/mol. The van der Waals surface area contributed by atoms with E-state index in [1.165, 1.54) is 6.07 Å². The van der Waals surface area contributed by atoms with Gasteiger partial charge in [0.05, 0.1) is 5.56 Å². The maximum atomic E-state index is 13.2. The summed E-state index contributed by atoms with van der Waals surface area (Å²) in [6.07, 6.45) is 1.70. The Labute approximate surface area is 122 Å². The first-order valence-corrected chi connectivity index (χ1v) is 6.39. The minimum atomic E-state index is -0.997. The lowest BCUT2D eigenvalue weighted by molar-refractivity contribution is 0.798. The van der Waals surface area contributed by atoms with Crippen molar-refractivity contribution in [3.05, 3.63) is 35.5 Å². The molecule has 0 atom stereocenters. The minimum absolute atomic E-state index is 0.184. The lowest BCUT2D eigenvalue weighted by Gasteiger charge is -2.11. The van der Waals surface area contributed by atoms with Gasteiger partial charge in [-0.15, -0.1) is 0 Å². The van der Waals surface area contributed by atoms with Gasteiger partial charge in [-0.25, -0.2) is 4.98 Å². The summed E-state index contributed by atoms with van der Waals surface area (Å²) < 4.78 is 13.2. The highest BCUT2D eigenvalue weighted by Gasteiger charge is 2.09. The van der Waals surface area contributed by atoms with Crippen molar-refractivity contribution in [2.45, 2.75) is 6.92 Å². The Morgan fingerprint density at radius 1 is 1.24 bits per heavy atom. The second-order valence-corrected chi connectivity index (χ2v) is 4.42. The highest BCUT2D eigenvalue weighted by Crippen LogP contribution is 2.23. The number of halogens is 1. The fourth-order valence-corrected chi connectivity index (χ4v) is 1.91. The van der Waals surface area contributed by atoms with Crippen molar-refractivity contribution in [2.75, 3.05) is 30.0 Å². The van der Waals surface area contributed by atoms with E-state index in [4.69, 9.17) is 5.41 Å². The lowest BCUT2D eigenvalue weighted by atomic mass is 10.1. The molecule has 0 radical (unpaired) electrons. The second-order valence-electron chi connectivity index (χ2n) is 4.42. The Bertz CT molecular complexity index is 671. The number of aryl methyl sites for hydroxylation is 1. The normalized spacial score (nSPS) is 10.1.